The van der Waals surface area contributed by atoms with Crippen LogP contribution in [0.3, 0.4) is 0 Å². The maximum atomic E-state index is 13.6. The molecular weight excluding hydrogens is 594 g/mol. The van der Waals surface area contributed by atoms with Crippen molar-refractivity contribution in [1.82, 2.24) is 14.6 Å². The first-order valence-electron chi connectivity index (χ1n) is 12.5. The molecule has 2 fully saturated rings. The van der Waals surface area contributed by atoms with Gasteiger partial charge in [-0.05, 0) is 64.7 Å². The van der Waals surface area contributed by atoms with E-state index in [1.807, 2.05) is 6.07 Å². The largest absolute Gasteiger partial charge is 0.486 e. The van der Waals surface area contributed by atoms with Crippen molar-refractivity contribution in [2.45, 2.75) is 25.5 Å². The summed E-state index contributed by atoms with van der Waals surface area (Å²) in [6, 6.07) is 12.3. The zero-order chi connectivity index (χ0) is 27.1. The van der Waals surface area contributed by atoms with Crippen molar-refractivity contribution in [2.24, 2.45) is 5.41 Å². The molecule has 12 heteroatoms. The molecule has 0 aromatic heterocycles. The predicted octanol–water partition coefficient (Wildman–Crippen LogP) is 3.71. The highest BCUT2D eigenvalue weighted by atomic mass is 79.9. The van der Waals surface area contributed by atoms with Gasteiger partial charge in [0.25, 0.3) is 0 Å². The van der Waals surface area contributed by atoms with Crippen LogP contribution in [0.5, 0.6) is 0 Å². The Morgan fingerprint density at radius 3 is 2.53 bits per heavy atom. The topological polar surface area (TPSA) is 108 Å². The van der Waals surface area contributed by atoms with Crippen LogP contribution in [0.4, 0.5) is 11.4 Å². The second kappa shape index (κ2) is 10.7. The highest BCUT2D eigenvalue weighted by Gasteiger charge is 2.41. The minimum absolute atomic E-state index is 0.0906. The normalized spacial score (nSPS) is 20.1. The number of carbonyl (C=O) groups excluding carboxylic acids is 1. The summed E-state index contributed by atoms with van der Waals surface area (Å²) in [5, 5.41) is 1.99. The van der Waals surface area contributed by atoms with Gasteiger partial charge in [-0.1, -0.05) is 30.7 Å². The molecule has 38 heavy (non-hydrogen) atoms. The number of nitrogens with one attached hydrogen (secondary N) is 1. The molecule has 1 aliphatic carbocycles. The van der Waals surface area contributed by atoms with Gasteiger partial charge >= 0.3 is 5.91 Å². The third-order valence-electron chi connectivity index (χ3n) is 7.22. The maximum absolute atomic E-state index is 13.6. The lowest BCUT2D eigenvalue weighted by Gasteiger charge is -2.40. The number of piperazine rings is 1. The van der Waals surface area contributed by atoms with Crippen molar-refractivity contribution in [2.75, 3.05) is 50.1 Å². The summed E-state index contributed by atoms with van der Waals surface area (Å²) in [7, 11) is -3.53. The van der Waals surface area contributed by atoms with Crippen LogP contribution in [0.25, 0.3) is 0 Å². The quantitative estimate of drug-likeness (QED) is 0.431. The lowest BCUT2D eigenvalue weighted by atomic mass is 10.1. The predicted molar refractivity (Wildman–Crippen MR) is 152 cm³/mol. The molecule has 1 amide bonds. The number of halogens is 2. The van der Waals surface area contributed by atoms with Gasteiger partial charge in [0.15, 0.2) is 0 Å². The van der Waals surface area contributed by atoms with E-state index in [2.05, 4.69) is 33.2 Å². The average molecular weight is 625 g/mol. The van der Waals surface area contributed by atoms with Crippen molar-refractivity contribution in [3.8, 4) is 0 Å². The van der Waals surface area contributed by atoms with Crippen molar-refractivity contribution in [3.63, 3.8) is 0 Å². The number of carbonyl (C=O) groups is 1. The molecule has 9 nitrogen and oxygen atoms in total. The molecule has 2 aliphatic heterocycles. The molecule has 1 saturated carbocycles. The fourth-order valence-electron chi connectivity index (χ4n) is 4.58. The first-order valence-corrected chi connectivity index (χ1v) is 15.3. The smallest absolute Gasteiger partial charge is 0.309 e. The van der Waals surface area contributed by atoms with E-state index in [1.165, 1.54) is 9.31 Å². The number of ether oxygens (including phenoxy) is 1. The van der Waals surface area contributed by atoms with Gasteiger partial charge < -0.3 is 15.4 Å². The van der Waals surface area contributed by atoms with Crippen LogP contribution in [0.1, 0.15) is 25.3 Å². The second-order valence-electron chi connectivity index (χ2n) is 10.3. The Morgan fingerprint density at radius 1 is 1.13 bits per heavy atom. The van der Waals surface area contributed by atoms with Crippen LogP contribution >= 0.6 is 27.5 Å². The summed E-state index contributed by atoms with van der Waals surface area (Å²) in [6.07, 6.45) is 2.14. The van der Waals surface area contributed by atoms with Gasteiger partial charge in [-0.25, -0.2) is 18.9 Å². The Morgan fingerprint density at radius 2 is 1.87 bits per heavy atom. The van der Waals surface area contributed by atoms with E-state index in [4.69, 9.17) is 22.1 Å². The van der Waals surface area contributed by atoms with Crippen molar-refractivity contribution in [1.29, 1.82) is 0 Å². The minimum Gasteiger partial charge on any atom is -0.486 e. The number of nitrogens with two attached hydrogens (primary N) is 1. The molecule has 2 aromatic carbocycles. The summed E-state index contributed by atoms with van der Waals surface area (Å²) in [5.41, 5.74) is 11.7. The van der Waals surface area contributed by atoms with Gasteiger partial charge in [0, 0.05) is 46.8 Å². The Labute approximate surface area is 236 Å². The molecule has 1 saturated heterocycles. The number of sulfonamides is 1. The highest BCUT2D eigenvalue weighted by Crippen LogP contribution is 2.45. The summed E-state index contributed by atoms with van der Waals surface area (Å²) >= 11 is 9.51. The number of rotatable bonds is 8. The summed E-state index contributed by atoms with van der Waals surface area (Å²) in [6.45, 7) is 4.52. The Hall–Kier alpha value is -2.31. The van der Waals surface area contributed by atoms with E-state index in [9.17, 15) is 13.2 Å². The van der Waals surface area contributed by atoms with E-state index in [-0.39, 0.29) is 17.1 Å². The SMILES string of the molecule is CC1(COC2=C(N3CCN(S(=O)(=O)Cc4ccc(Br)c(N)c4)CC3)CNN(c3cccc(Cl)c3)C2=O)CC1. The monoisotopic (exact) mass is 623 g/mol. The summed E-state index contributed by atoms with van der Waals surface area (Å²) in [4.78, 5) is 15.6. The van der Waals surface area contributed by atoms with Crippen molar-refractivity contribution < 1.29 is 17.9 Å². The molecule has 2 aromatic rings. The van der Waals surface area contributed by atoms with E-state index < -0.39 is 10.0 Å². The van der Waals surface area contributed by atoms with Gasteiger partial charge in [-0.15, -0.1) is 0 Å². The maximum Gasteiger partial charge on any atom is 0.309 e. The van der Waals surface area contributed by atoms with Gasteiger partial charge in [0.05, 0.1) is 30.3 Å². The Kier molecular flexibility index (Phi) is 7.67. The van der Waals surface area contributed by atoms with E-state index >= 15 is 0 Å². The molecule has 204 valence electrons. The van der Waals surface area contributed by atoms with Crippen LogP contribution < -0.4 is 16.2 Å². The van der Waals surface area contributed by atoms with E-state index in [0.717, 1.165) is 23.0 Å². The first-order chi connectivity index (χ1) is 18.0. The molecule has 0 radical (unpaired) electrons. The second-order valence-corrected chi connectivity index (χ2v) is 13.6. The average Bonchev–Trinajstić information content (AvgIpc) is 3.62. The number of anilines is 2. The van der Waals surface area contributed by atoms with Crippen LogP contribution in [0.15, 0.2) is 58.4 Å². The molecule has 3 aliphatic rings. The van der Waals surface area contributed by atoms with E-state index in [1.54, 1.807) is 36.4 Å². The van der Waals surface area contributed by atoms with Crippen LogP contribution in [0.2, 0.25) is 5.02 Å². The fraction of sp³-hybridized carbons (Fsp3) is 0.423. The van der Waals surface area contributed by atoms with Crippen LogP contribution in [-0.2, 0) is 25.3 Å². The molecule has 0 bridgehead atoms. The number of hydrogen-bond donors (Lipinski definition) is 2. The highest BCUT2D eigenvalue weighted by molar-refractivity contribution is 9.10. The van der Waals surface area contributed by atoms with Gasteiger partial charge in [0.1, 0.15) is 0 Å². The zero-order valence-electron chi connectivity index (χ0n) is 21.1. The Bertz CT molecular complexity index is 1370. The van der Waals surface area contributed by atoms with Gasteiger partial charge in [-0.2, -0.15) is 4.31 Å². The van der Waals surface area contributed by atoms with Gasteiger partial charge in [0.2, 0.25) is 15.8 Å². The van der Waals surface area contributed by atoms with Crippen LogP contribution in [0, 0.1) is 5.41 Å². The zero-order valence-corrected chi connectivity index (χ0v) is 24.3. The molecule has 3 N–H and O–H groups in total. The number of nitrogens with zero attached hydrogens (tertiary/aromatic N) is 3. The third-order valence-corrected chi connectivity index (χ3v) is 10.0. The minimum atomic E-state index is -3.53. The standard InChI is InChI=1S/C26H31BrClN5O4S/c1-26(7-8-26)17-37-24-23(15-30-33(25(24)34)20-4-2-3-19(28)14-20)31-9-11-32(12-10-31)38(35,36)16-18-5-6-21(27)22(29)13-18/h2-6,13-14,30H,7-12,15-17,29H2,1H3. The number of nitrogen functional groups attached to an aromatic ring is 1. The third kappa shape index (κ3) is 5.96. The number of benzene rings is 2. The number of hydrogen-bond acceptors (Lipinski definition) is 7. The molecule has 0 atom stereocenters. The first kappa shape index (κ1) is 27.3. The van der Waals surface area contributed by atoms with E-state index in [0.29, 0.717) is 67.1 Å². The Balaban J connectivity index is 1.31. The molecule has 5 rings (SSSR count). The molecule has 0 spiro atoms. The van der Waals surface area contributed by atoms with Crippen LogP contribution in [-0.4, -0.2) is 62.9 Å². The number of hydrazine groups is 1. The molecular formula is C26H31BrClN5O4S. The van der Waals surface area contributed by atoms with Crippen molar-refractivity contribution in [3.05, 3.63) is 69.0 Å². The molecule has 2 heterocycles. The number of amides is 1. The van der Waals surface area contributed by atoms with Gasteiger partial charge in [-0.3, -0.25) is 4.79 Å². The summed E-state index contributed by atoms with van der Waals surface area (Å²) < 4.78 is 34.7. The molecule has 0 unspecified atom stereocenters. The fourth-order valence-corrected chi connectivity index (χ4v) is 6.51. The van der Waals surface area contributed by atoms with Crippen molar-refractivity contribution >= 4 is 54.8 Å². The lowest BCUT2D eigenvalue weighted by Crippen LogP contribution is -2.55. The lowest BCUT2D eigenvalue weighted by molar-refractivity contribution is -0.120. The summed E-state index contributed by atoms with van der Waals surface area (Å²) in [5.74, 6) is -0.103.